The molecular weight excluding hydrogens is 156 g/mol. The number of hydrogen-bond donors (Lipinski definition) is 1. The lowest BCUT2D eigenvalue weighted by Gasteiger charge is -2.26. The van der Waals surface area contributed by atoms with Gasteiger partial charge in [-0.2, -0.15) is 0 Å². The summed E-state index contributed by atoms with van der Waals surface area (Å²) in [5.74, 6) is -0.838. The minimum atomic E-state index is -0.667. The highest BCUT2D eigenvalue weighted by molar-refractivity contribution is 5.70. The van der Waals surface area contributed by atoms with Gasteiger partial charge in [-0.25, -0.2) is 0 Å². The van der Waals surface area contributed by atoms with Crippen LogP contribution < -0.4 is 0 Å². The van der Waals surface area contributed by atoms with Crippen LogP contribution in [0, 0.1) is 5.92 Å². The Labute approximate surface area is 72.7 Å². The molecule has 2 atom stereocenters. The summed E-state index contributed by atoms with van der Waals surface area (Å²) in [6.45, 7) is 2.70. The highest BCUT2D eigenvalue weighted by Gasteiger charge is 2.26. The van der Waals surface area contributed by atoms with E-state index in [4.69, 9.17) is 9.84 Å². The van der Waals surface area contributed by atoms with E-state index in [1.54, 1.807) is 0 Å². The maximum absolute atomic E-state index is 10.6. The standard InChI is InChI=1S/C9H16O3/c1-2-3-8-6-7(9(10)11)4-5-12-8/h7-8H,2-6H2,1H3,(H,10,11)/t7-,8+/m1/s1. The molecule has 0 aromatic heterocycles. The summed E-state index contributed by atoms with van der Waals surface area (Å²) < 4.78 is 5.44. The average molecular weight is 172 g/mol. The molecule has 1 N–H and O–H groups in total. The number of ether oxygens (including phenoxy) is 1. The summed E-state index contributed by atoms with van der Waals surface area (Å²) in [6, 6.07) is 0. The van der Waals surface area contributed by atoms with Crippen LogP contribution >= 0.6 is 0 Å². The second-order valence-corrected chi connectivity index (χ2v) is 3.34. The molecule has 1 rings (SSSR count). The van der Waals surface area contributed by atoms with Crippen molar-refractivity contribution >= 4 is 5.97 Å². The topological polar surface area (TPSA) is 46.5 Å². The van der Waals surface area contributed by atoms with Crippen LogP contribution in [-0.4, -0.2) is 23.8 Å². The first-order valence-electron chi connectivity index (χ1n) is 4.58. The third kappa shape index (κ3) is 2.48. The minimum Gasteiger partial charge on any atom is -0.481 e. The van der Waals surface area contributed by atoms with Gasteiger partial charge in [0.1, 0.15) is 0 Å². The predicted octanol–water partition coefficient (Wildman–Crippen LogP) is 1.67. The molecular formula is C9H16O3. The van der Waals surface area contributed by atoms with Crippen LogP contribution in [0.2, 0.25) is 0 Å². The summed E-state index contributed by atoms with van der Waals surface area (Å²) in [5, 5.41) is 8.77. The molecule has 0 aromatic carbocycles. The van der Waals surface area contributed by atoms with Crippen molar-refractivity contribution in [2.75, 3.05) is 6.61 Å². The van der Waals surface area contributed by atoms with Crippen molar-refractivity contribution in [3.63, 3.8) is 0 Å². The summed E-state index contributed by atoms with van der Waals surface area (Å²) in [6.07, 6.45) is 3.62. The Hall–Kier alpha value is -0.570. The van der Waals surface area contributed by atoms with Crippen molar-refractivity contribution < 1.29 is 14.6 Å². The van der Waals surface area contributed by atoms with Crippen molar-refractivity contribution in [1.82, 2.24) is 0 Å². The van der Waals surface area contributed by atoms with Crippen LogP contribution in [0.25, 0.3) is 0 Å². The van der Waals surface area contributed by atoms with Gasteiger partial charge in [0.05, 0.1) is 12.0 Å². The zero-order chi connectivity index (χ0) is 8.97. The van der Waals surface area contributed by atoms with E-state index >= 15 is 0 Å². The fourth-order valence-corrected chi connectivity index (χ4v) is 1.63. The van der Waals surface area contributed by atoms with E-state index in [1.165, 1.54) is 0 Å². The van der Waals surface area contributed by atoms with E-state index in [9.17, 15) is 4.79 Å². The van der Waals surface area contributed by atoms with Crippen molar-refractivity contribution in [2.24, 2.45) is 5.92 Å². The summed E-state index contributed by atoms with van der Waals surface area (Å²) in [7, 11) is 0. The Balaban J connectivity index is 2.35. The first-order chi connectivity index (χ1) is 5.74. The van der Waals surface area contributed by atoms with Crippen LogP contribution in [0.1, 0.15) is 32.6 Å². The van der Waals surface area contributed by atoms with Gasteiger partial charge in [0.15, 0.2) is 0 Å². The van der Waals surface area contributed by atoms with Gasteiger partial charge in [-0.15, -0.1) is 0 Å². The molecule has 0 spiro atoms. The number of aliphatic carboxylic acids is 1. The first kappa shape index (κ1) is 9.52. The maximum atomic E-state index is 10.6. The lowest BCUT2D eigenvalue weighted by molar-refractivity contribution is -0.147. The highest BCUT2D eigenvalue weighted by Crippen LogP contribution is 2.22. The molecule has 0 amide bonds. The largest absolute Gasteiger partial charge is 0.481 e. The fraction of sp³-hybridized carbons (Fsp3) is 0.889. The number of carboxylic acid groups (broad SMARTS) is 1. The van der Waals surface area contributed by atoms with E-state index in [1.807, 2.05) is 0 Å². The molecule has 12 heavy (non-hydrogen) atoms. The van der Waals surface area contributed by atoms with Gasteiger partial charge in [0, 0.05) is 6.61 Å². The molecule has 1 fully saturated rings. The van der Waals surface area contributed by atoms with E-state index < -0.39 is 5.97 Å². The Morgan fingerprint density at radius 2 is 2.42 bits per heavy atom. The van der Waals surface area contributed by atoms with Gasteiger partial charge in [-0.05, 0) is 19.3 Å². The third-order valence-corrected chi connectivity index (χ3v) is 2.33. The summed E-state index contributed by atoms with van der Waals surface area (Å²) in [5.41, 5.74) is 0. The molecule has 0 aliphatic carbocycles. The van der Waals surface area contributed by atoms with E-state index in [0.29, 0.717) is 19.4 Å². The van der Waals surface area contributed by atoms with Crippen LogP contribution in [0.4, 0.5) is 0 Å². The van der Waals surface area contributed by atoms with Gasteiger partial charge in [-0.3, -0.25) is 4.79 Å². The number of carbonyl (C=O) groups is 1. The zero-order valence-electron chi connectivity index (χ0n) is 7.45. The lowest BCUT2D eigenvalue weighted by atomic mass is 9.94. The molecule has 0 saturated carbocycles. The van der Waals surface area contributed by atoms with Gasteiger partial charge < -0.3 is 9.84 Å². The quantitative estimate of drug-likeness (QED) is 0.704. The van der Waals surface area contributed by atoms with Crippen molar-refractivity contribution in [3.05, 3.63) is 0 Å². The molecule has 1 aliphatic rings. The SMILES string of the molecule is CCC[C@H]1C[C@H](C(=O)O)CCO1. The maximum Gasteiger partial charge on any atom is 0.306 e. The number of rotatable bonds is 3. The van der Waals surface area contributed by atoms with Gasteiger partial charge in [0.2, 0.25) is 0 Å². The Kier molecular flexibility index (Phi) is 3.53. The highest BCUT2D eigenvalue weighted by atomic mass is 16.5. The van der Waals surface area contributed by atoms with Gasteiger partial charge in [0.25, 0.3) is 0 Å². The van der Waals surface area contributed by atoms with Crippen molar-refractivity contribution in [2.45, 2.75) is 38.7 Å². The molecule has 0 aromatic rings. The summed E-state index contributed by atoms with van der Waals surface area (Å²) in [4.78, 5) is 10.6. The molecule has 1 aliphatic heterocycles. The van der Waals surface area contributed by atoms with Crippen molar-refractivity contribution in [3.8, 4) is 0 Å². The number of carboxylic acids is 1. The lowest BCUT2D eigenvalue weighted by Crippen LogP contribution is -2.29. The number of hydrogen-bond acceptors (Lipinski definition) is 2. The van der Waals surface area contributed by atoms with Crippen LogP contribution in [0.3, 0.4) is 0 Å². The van der Waals surface area contributed by atoms with Crippen molar-refractivity contribution in [1.29, 1.82) is 0 Å². The second-order valence-electron chi connectivity index (χ2n) is 3.34. The monoisotopic (exact) mass is 172 g/mol. The average Bonchev–Trinajstić information content (AvgIpc) is 2.05. The molecule has 0 unspecified atom stereocenters. The Morgan fingerprint density at radius 1 is 1.67 bits per heavy atom. The van der Waals surface area contributed by atoms with Gasteiger partial charge >= 0.3 is 5.97 Å². The third-order valence-electron chi connectivity index (χ3n) is 2.33. The zero-order valence-corrected chi connectivity index (χ0v) is 7.45. The van der Waals surface area contributed by atoms with E-state index in [-0.39, 0.29) is 12.0 Å². The fourth-order valence-electron chi connectivity index (χ4n) is 1.63. The minimum absolute atomic E-state index is 0.171. The molecule has 3 heteroatoms. The van der Waals surface area contributed by atoms with E-state index in [0.717, 1.165) is 12.8 Å². The smallest absolute Gasteiger partial charge is 0.306 e. The first-order valence-corrected chi connectivity index (χ1v) is 4.58. The normalized spacial score (nSPS) is 30.1. The molecule has 1 saturated heterocycles. The second kappa shape index (κ2) is 4.45. The Bertz CT molecular complexity index is 154. The molecule has 0 bridgehead atoms. The predicted molar refractivity (Wildman–Crippen MR) is 45.0 cm³/mol. The van der Waals surface area contributed by atoms with E-state index in [2.05, 4.69) is 6.92 Å². The Morgan fingerprint density at radius 3 is 3.00 bits per heavy atom. The van der Waals surface area contributed by atoms with Crippen LogP contribution in [0.5, 0.6) is 0 Å². The van der Waals surface area contributed by atoms with Crippen LogP contribution in [0.15, 0.2) is 0 Å². The summed E-state index contributed by atoms with van der Waals surface area (Å²) >= 11 is 0. The van der Waals surface area contributed by atoms with Crippen LogP contribution in [-0.2, 0) is 9.53 Å². The molecule has 0 radical (unpaired) electrons. The molecule has 1 heterocycles. The van der Waals surface area contributed by atoms with Gasteiger partial charge in [-0.1, -0.05) is 13.3 Å². The molecule has 3 nitrogen and oxygen atoms in total. The molecule has 70 valence electrons.